The standard InChI is InChI=1S/C14H13NO4/c1-9(16)10-4-5-15-14(6-10)19-11-2-3-12-13(7-11)18-8-17-12/h2-7,9,16H,8H2,1H3/t9-/m0/s1. The molecule has 0 spiro atoms. The maximum atomic E-state index is 9.52. The van der Waals surface area contributed by atoms with Crippen LogP contribution in [0.5, 0.6) is 23.1 Å². The smallest absolute Gasteiger partial charge is 0.231 e. The number of rotatable bonds is 3. The lowest BCUT2D eigenvalue weighted by Crippen LogP contribution is -1.94. The SMILES string of the molecule is C[C@H](O)c1ccnc(Oc2ccc3c(c2)OCO3)c1. The topological polar surface area (TPSA) is 60.8 Å². The fourth-order valence-electron chi connectivity index (χ4n) is 1.80. The highest BCUT2D eigenvalue weighted by molar-refractivity contribution is 5.47. The van der Waals surface area contributed by atoms with Crippen LogP contribution in [0.15, 0.2) is 36.5 Å². The monoisotopic (exact) mass is 259 g/mol. The highest BCUT2D eigenvalue weighted by atomic mass is 16.7. The van der Waals surface area contributed by atoms with E-state index >= 15 is 0 Å². The third-order valence-corrected chi connectivity index (χ3v) is 2.81. The molecular formula is C14H13NO4. The first-order valence-corrected chi connectivity index (χ1v) is 5.94. The summed E-state index contributed by atoms with van der Waals surface area (Å²) in [7, 11) is 0. The van der Waals surface area contributed by atoms with Gasteiger partial charge in [-0.3, -0.25) is 0 Å². The van der Waals surface area contributed by atoms with Gasteiger partial charge in [0, 0.05) is 18.3 Å². The van der Waals surface area contributed by atoms with Crippen LogP contribution in [0.4, 0.5) is 0 Å². The Hall–Kier alpha value is -2.27. The molecule has 0 fully saturated rings. The molecule has 1 aliphatic rings. The first kappa shape index (κ1) is 11.8. The number of aliphatic hydroxyl groups is 1. The lowest BCUT2D eigenvalue weighted by atomic mass is 10.2. The molecule has 1 N–H and O–H groups in total. The van der Waals surface area contributed by atoms with Gasteiger partial charge in [0.15, 0.2) is 11.5 Å². The minimum absolute atomic E-state index is 0.231. The summed E-state index contributed by atoms with van der Waals surface area (Å²) in [4.78, 5) is 4.11. The molecule has 3 rings (SSSR count). The largest absolute Gasteiger partial charge is 0.454 e. The Bertz CT molecular complexity index is 598. The Morgan fingerprint density at radius 2 is 2.05 bits per heavy atom. The van der Waals surface area contributed by atoms with Gasteiger partial charge < -0.3 is 19.3 Å². The second-order valence-corrected chi connectivity index (χ2v) is 4.22. The molecule has 0 unspecified atom stereocenters. The first-order valence-electron chi connectivity index (χ1n) is 5.94. The Morgan fingerprint density at radius 3 is 2.89 bits per heavy atom. The van der Waals surface area contributed by atoms with Crippen molar-refractivity contribution >= 4 is 0 Å². The number of nitrogens with zero attached hydrogens (tertiary/aromatic N) is 1. The van der Waals surface area contributed by atoms with Gasteiger partial charge in [-0.1, -0.05) is 0 Å². The predicted molar refractivity (Wildman–Crippen MR) is 67.5 cm³/mol. The fourth-order valence-corrected chi connectivity index (χ4v) is 1.80. The average molecular weight is 259 g/mol. The summed E-state index contributed by atoms with van der Waals surface area (Å²) >= 11 is 0. The van der Waals surface area contributed by atoms with Crippen molar-refractivity contribution in [3.63, 3.8) is 0 Å². The number of aromatic nitrogens is 1. The van der Waals surface area contributed by atoms with Gasteiger partial charge in [0.05, 0.1) is 6.10 Å². The minimum Gasteiger partial charge on any atom is -0.454 e. The number of ether oxygens (including phenoxy) is 3. The molecule has 2 aromatic rings. The number of hydrogen-bond donors (Lipinski definition) is 1. The van der Waals surface area contributed by atoms with Gasteiger partial charge in [-0.05, 0) is 30.7 Å². The van der Waals surface area contributed by atoms with Gasteiger partial charge in [-0.2, -0.15) is 0 Å². The summed E-state index contributed by atoms with van der Waals surface area (Å²) < 4.78 is 16.1. The number of aliphatic hydroxyl groups excluding tert-OH is 1. The maximum Gasteiger partial charge on any atom is 0.231 e. The highest BCUT2D eigenvalue weighted by Crippen LogP contribution is 2.36. The van der Waals surface area contributed by atoms with Crippen LogP contribution in [-0.2, 0) is 0 Å². The van der Waals surface area contributed by atoms with Gasteiger partial charge in [0.25, 0.3) is 0 Å². The second kappa shape index (κ2) is 4.78. The Labute approximate surface area is 110 Å². The summed E-state index contributed by atoms with van der Waals surface area (Å²) in [5.74, 6) is 2.40. The Morgan fingerprint density at radius 1 is 1.21 bits per heavy atom. The molecule has 5 nitrogen and oxygen atoms in total. The van der Waals surface area contributed by atoms with Crippen LogP contribution in [0.25, 0.3) is 0 Å². The molecule has 0 radical (unpaired) electrons. The van der Waals surface area contributed by atoms with Crippen molar-refractivity contribution in [2.24, 2.45) is 0 Å². The van der Waals surface area contributed by atoms with Crippen molar-refractivity contribution in [3.8, 4) is 23.1 Å². The van der Waals surface area contributed by atoms with Gasteiger partial charge >= 0.3 is 0 Å². The molecule has 0 saturated heterocycles. The van der Waals surface area contributed by atoms with Crippen molar-refractivity contribution in [2.75, 3.05) is 6.79 Å². The zero-order valence-corrected chi connectivity index (χ0v) is 10.4. The summed E-state index contributed by atoms with van der Waals surface area (Å²) in [6.45, 7) is 1.92. The third-order valence-electron chi connectivity index (χ3n) is 2.81. The van der Waals surface area contributed by atoms with Crippen molar-refractivity contribution in [1.82, 2.24) is 4.98 Å². The predicted octanol–water partition coefficient (Wildman–Crippen LogP) is 2.66. The number of hydrogen-bond acceptors (Lipinski definition) is 5. The first-order chi connectivity index (χ1) is 9.22. The second-order valence-electron chi connectivity index (χ2n) is 4.22. The zero-order valence-electron chi connectivity index (χ0n) is 10.4. The summed E-state index contributed by atoms with van der Waals surface area (Å²) in [5, 5.41) is 9.52. The lowest BCUT2D eigenvalue weighted by Gasteiger charge is -2.08. The molecule has 0 aliphatic carbocycles. The lowest BCUT2D eigenvalue weighted by molar-refractivity contribution is 0.174. The van der Waals surface area contributed by atoms with E-state index in [1.165, 1.54) is 0 Å². The van der Waals surface area contributed by atoms with Gasteiger partial charge in [-0.25, -0.2) is 4.98 Å². The van der Waals surface area contributed by atoms with E-state index < -0.39 is 6.10 Å². The molecule has 1 aromatic heterocycles. The van der Waals surface area contributed by atoms with Crippen LogP contribution in [0.1, 0.15) is 18.6 Å². The molecule has 0 bridgehead atoms. The Balaban J connectivity index is 1.83. The van der Waals surface area contributed by atoms with E-state index in [2.05, 4.69) is 4.98 Å². The maximum absolute atomic E-state index is 9.52. The highest BCUT2D eigenvalue weighted by Gasteiger charge is 2.14. The normalized spacial score (nSPS) is 14.2. The van der Waals surface area contributed by atoms with E-state index in [0.717, 1.165) is 5.56 Å². The van der Waals surface area contributed by atoms with E-state index in [1.807, 2.05) is 0 Å². The van der Waals surface area contributed by atoms with Crippen LogP contribution in [0.3, 0.4) is 0 Å². The molecular weight excluding hydrogens is 246 g/mol. The van der Waals surface area contributed by atoms with Gasteiger partial charge in [-0.15, -0.1) is 0 Å². The van der Waals surface area contributed by atoms with E-state index in [0.29, 0.717) is 23.1 Å². The summed E-state index contributed by atoms with van der Waals surface area (Å²) in [6, 6.07) is 8.77. The molecule has 1 aromatic carbocycles. The van der Waals surface area contributed by atoms with Crippen LogP contribution in [0.2, 0.25) is 0 Å². The van der Waals surface area contributed by atoms with Crippen molar-refractivity contribution in [2.45, 2.75) is 13.0 Å². The average Bonchev–Trinajstić information content (AvgIpc) is 2.86. The molecule has 5 heteroatoms. The van der Waals surface area contributed by atoms with E-state index in [1.54, 1.807) is 43.5 Å². The van der Waals surface area contributed by atoms with Crippen molar-refractivity contribution in [3.05, 3.63) is 42.1 Å². The molecule has 1 aliphatic heterocycles. The molecule has 0 saturated carbocycles. The number of fused-ring (bicyclic) bond motifs is 1. The van der Waals surface area contributed by atoms with Crippen LogP contribution in [0, 0.1) is 0 Å². The quantitative estimate of drug-likeness (QED) is 0.918. The van der Waals surface area contributed by atoms with Gasteiger partial charge in [0.1, 0.15) is 5.75 Å². The molecule has 2 heterocycles. The summed E-state index contributed by atoms with van der Waals surface area (Å²) in [5.41, 5.74) is 0.755. The molecule has 98 valence electrons. The van der Waals surface area contributed by atoms with E-state index in [4.69, 9.17) is 14.2 Å². The molecule has 19 heavy (non-hydrogen) atoms. The third kappa shape index (κ3) is 2.46. The molecule has 0 amide bonds. The van der Waals surface area contributed by atoms with Crippen LogP contribution < -0.4 is 14.2 Å². The van der Waals surface area contributed by atoms with Crippen molar-refractivity contribution in [1.29, 1.82) is 0 Å². The van der Waals surface area contributed by atoms with E-state index in [9.17, 15) is 5.11 Å². The van der Waals surface area contributed by atoms with Crippen LogP contribution >= 0.6 is 0 Å². The van der Waals surface area contributed by atoms with Crippen LogP contribution in [-0.4, -0.2) is 16.9 Å². The van der Waals surface area contributed by atoms with Gasteiger partial charge in [0.2, 0.25) is 12.7 Å². The Kier molecular flexibility index (Phi) is 2.97. The van der Waals surface area contributed by atoms with Crippen molar-refractivity contribution < 1.29 is 19.3 Å². The minimum atomic E-state index is -0.554. The number of pyridine rings is 1. The van der Waals surface area contributed by atoms with E-state index in [-0.39, 0.29) is 6.79 Å². The fraction of sp³-hybridized carbons (Fsp3) is 0.214. The zero-order chi connectivity index (χ0) is 13.2. The number of benzene rings is 1. The summed E-state index contributed by atoms with van der Waals surface area (Å²) in [6.07, 6.45) is 1.05. The molecule has 1 atom stereocenters.